The van der Waals surface area contributed by atoms with E-state index >= 15 is 0 Å². The maximum Gasteiger partial charge on any atom is 0.0575 e. The van der Waals surface area contributed by atoms with Crippen molar-refractivity contribution in [3.8, 4) is 0 Å². The minimum atomic E-state index is 0.458. The molecule has 1 fully saturated rings. The van der Waals surface area contributed by atoms with E-state index in [-0.39, 0.29) is 0 Å². The molecule has 2 unspecified atom stereocenters. The van der Waals surface area contributed by atoms with Gasteiger partial charge in [-0.3, -0.25) is 0 Å². The van der Waals surface area contributed by atoms with Crippen LogP contribution in [0.2, 0.25) is 0 Å². The summed E-state index contributed by atoms with van der Waals surface area (Å²) in [6, 6.07) is 9.03. The molecule has 0 aliphatic carbocycles. The van der Waals surface area contributed by atoms with Gasteiger partial charge in [0.25, 0.3) is 0 Å². The molecule has 0 bridgehead atoms. The van der Waals surface area contributed by atoms with Crippen LogP contribution in [0.15, 0.2) is 24.3 Å². The number of rotatable bonds is 5. The first kappa shape index (κ1) is 15.1. The third kappa shape index (κ3) is 4.61. The minimum absolute atomic E-state index is 0.458. The van der Waals surface area contributed by atoms with Gasteiger partial charge >= 0.3 is 0 Å². The molecule has 2 heteroatoms. The maximum atomic E-state index is 5.79. The highest BCUT2D eigenvalue weighted by Gasteiger charge is 2.16. The Hall–Kier alpha value is -0.340. The zero-order valence-electron chi connectivity index (χ0n) is 12.1. The lowest BCUT2D eigenvalue weighted by Gasteiger charge is -2.23. The van der Waals surface area contributed by atoms with Gasteiger partial charge in [-0.1, -0.05) is 54.0 Å². The first-order chi connectivity index (χ1) is 9.16. The normalized spacial score (nSPS) is 21.6. The van der Waals surface area contributed by atoms with E-state index in [1.54, 1.807) is 0 Å². The fourth-order valence-electron chi connectivity index (χ4n) is 2.62. The highest BCUT2D eigenvalue weighted by atomic mass is 79.9. The second-order valence-corrected chi connectivity index (χ2v) is 6.96. The van der Waals surface area contributed by atoms with Gasteiger partial charge in [-0.15, -0.1) is 0 Å². The summed E-state index contributed by atoms with van der Waals surface area (Å²) in [7, 11) is 0. The third-order valence-corrected chi connectivity index (χ3v) is 4.97. The first-order valence-electron chi connectivity index (χ1n) is 7.52. The van der Waals surface area contributed by atoms with Crippen molar-refractivity contribution in [3.05, 3.63) is 35.4 Å². The van der Waals surface area contributed by atoms with E-state index in [0.717, 1.165) is 13.0 Å². The molecule has 1 heterocycles. The minimum Gasteiger partial charge on any atom is -0.378 e. The van der Waals surface area contributed by atoms with Gasteiger partial charge in [0.2, 0.25) is 0 Å². The third-order valence-electron chi connectivity index (χ3n) is 3.98. The smallest absolute Gasteiger partial charge is 0.0575 e. The standard InChI is InChI=1S/C17H25BrO/c1-13(2)14-6-8-15(9-7-14)17(18)11-10-16-5-3-4-12-19-16/h6-9,13,16-17H,3-5,10-12H2,1-2H3. The van der Waals surface area contributed by atoms with Gasteiger partial charge in [0.15, 0.2) is 0 Å². The molecule has 106 valence electrons. The lowest BCUT2D eigenvalue weighted by molar-refractivity contribution is 0.0102. The van der Waals surface area contributed by atoms with Crippen molar-refractivity contribution in [2.45, 2.75) is 62.8 Å². The Morgan fingerprint density at radius 3 is 2.42 bits per heavy atom. The Morgan fingerprint density at radius 1 is 1.16 bits per heavy atom. The van der Waals surface area contributed by atoms with Crippen molar-refractivity contribution in [2.24, 2.45) is 0 Å². The fourth-order valence-corrected chi connectivity index (χ4v) is 3.19. The largest absolute Gasteiger partial charge is 0.378 e. The molecule has 0 radical (unpaired) electrons. The summed E-state index contributed by atoms with van der Waals surface area (Å²) in [5.41, 5.74) is 2.80. The average molecular weight is 325 g/mol. The van der Waals surface area contributed by atoms with Crippen LogP contribution in [0, 0.1) is 0 Å². The molecule has 0 aromatic heterocycles. The van der Waals surface area contributed by atoms with Crippen LogP contribution in [0.1, 0.15) is 67.8 Å². The molecule has 19 heavy (non-hydrogen) atoms. The summed E-state index contributed by atoms with van der Waals surface area (Å²) < 4.78 is 5.79. The zero-order valence-corrected chi connectivity index (χ0v) is 13.7. The molecule has 1 aromatic rings. The van der Waals surface area contributed by atoms with Crippen LogP contribution < -0.4 is 0 Å². The average Bonchev–Trinajstić information content (AvgIpc) is 2.46. The number of hydrogen-bond acceptors (Lipinski definition) is 1. The summed E-state index contributed by atoms with van der Waals surface area (Å²) in [5, 5.41) is 0. The van der Waals surface area contributed by atoms with Gasteiger partial charge in [0, 0.05) is 11.4 Å². The molecular weight excluding hydrogens is 300 g/mol. The molecule has 0 N–H and O–H groups in total. The second-order valence-electron chi connectivity index (χ2n) is 5.85. The van der Waals surface area contributed by atoms with Crippen LogP contribution in [-0.4, -0.2) is 12.7 Å². The molecule has 2 atom stereocenters. The van der Waals surface area contributed by atoms with Crippen LogP contribution in [0.3, 0.4) is 0 Å². The predicted octanol–water partition coefficient (Wildman–Crippen LogP) is 5.60. The van der Waals surface area contributed by atoms with E-state index in [1.165, 1.54) is 36.8 Å². The number of halogens is 1. The molecule has 2 rings (SSSR count). The molecule has 1 saturated heterocycles. The molecule has 1 aromatic carbocycles. The van der Waals surface area contributed by atoms with E-state index in [1.807, 2.05) is 0 Å². The van der Waals surface area contributed by atoms with Crippen molar-refractivity contribution in [1.82, 2.24) is 0 Å². The highest BCUT2D eigenvalue weighted by Crippen LogP contribution is 2.31. The molecule has 1 nitrogen and oxygen atoms in total. The Labute approximate surface area is 125 Å². The predicted molar refractivity (Wildman–Crippen MR) is 85.0 cm³/mol. The molecular formula is C17H25BrO. The lowest BCUT2D eigenvalue weighted by Crippen LogP contribution is -2.19. The van der Waals surface area contributed by atoms with Gasteiger partial charge in [-0.05, 0) is 49.1 Å². The van der Waals surface area contributed by atoms with Crippen molar-refractivity contribution in [2.75, 3.05) is 6.61 Å². The quantitative estimate of drug-likeness (QED) is 0.641. The van der Waals surface area contributed by atoms with E-state index in [0.29, 0.717) is 16.8 Å². The Balaban J connectivity index is 1.83. The fraction of sp³-hybridized carbons (Fsp3) is 0.647. The Kier molecular flexibility index (Phi) is 5.90. The first-order valence-corrected chi connectivity index (χ1v) is 8.44. The van der Waals surface area contributed by atoms with Crippen LogP contribution in [0.25, 0.3) is 0 Å². The monoisotopic (exact) mass is 324 g/mol. The van der Waals surface area contributed by atoms with Gasteiger partial charge in [0.1, 0.15) is 0 Å². The Morgan fingerprint density at radius 2 is 1.84 bits per heavy atom. The van der Waals surface area contributed by atoms with Crippen LogP contribution in [-0.2, 0) is 4.74 Å². The summed E-state index contributed by atoms with van der Waals surface area (Å²) in [4.78, 5) is 0.458. The van der Waals surface area contributed by atoms with Crippen LogP contribution >= 0.6 is 15.9 Å². The van der Waals surface area contributed by atoms with Crippen molar-refractivity contribution in [1.29, 1.82) is 0 Å². The van der Waals surface area contributed by atoms with Gasteiger partial charge in [-0.2, -0.15) is 0 Å². The van der Waals surface area contributed by atoms with Gasteiger partial charge < -0.3 is 4.74 Å². The van der Waals surface area contributed by atoms with E-state index in [9.17, 15) is 0 Å². The van der Waals surface area contributed by atoms with Crippen molar-refractivity contribution < 1.29 is 4.74 Å². The number of alkyl halides is 1. The van der Waals surface area contributed by atoms with Crippen molar-refractivity contribution >= 4 is 15.9 Å². The summed E-state index contributed by atoms with van der Waals surface area (Å²) in [6.45, 7) is 5.43. The second kappa shape index (κ2) is 7.44. The number of benzene rings is 1. The number of ether oxygens (including phenoxy) is 1. The SMILES string of the molecule is CC(C)c1ccc(C(Br)CCC2CCCCO2)cc1. The van der Waals surface area contributed by atoms with E-state index in [4.69, 9.17) is 4.74 Å². The molecule has 0 amide bonds. The molecule has 0 spiro atoms. The zero-order chi connectivity index (χ0) is 13.7. The topological polar surface area (TPSA) is 9.23 Å². The molecule has 1 aliphatic rings. The molecule has 0 saturated carbocycles. The number of hydrogen-bond donors (Lipinski definition) is 0. The Bertz CT molecular complexity index is 365. The van der Waals surface area contributed by atoms with Gasteiger partial charge in [0.05, 0.1) is 6.10 Å². The lowest BCUT2D eigenvalue weighted by atomic mass is 9.98. The maximum absolute atomic E-state index is 5.79. The highest BCUT2D eigenvalue weighted by molar-refractivity contribution is 9.09. The van der Waals surface area contributed by atoms with Crippen molar-refractivity contribution in [3.63, 3.8) is 0 Å². The van der Waals surface area contributed by atoms with E-state index in [2.05, 4.69) is 54.0 Å². The summed E-state index contributed by atoms with van der Waals surface area (Å²) in [5.74, 6) is 0.610. The summed E-state index contributed by atoms with van der Waals surface area (Å²) >= 11 is 3.82. The van der Waals surface area contributed by atoms with Gasteiger partial charge in [-0.25, -0.2) is 0 Å². The molecule has 1 aliphatic heterocycles. The summed E-state index contributed by atoms with van der Waals surface area (Å²) in [6.07, 6.45) is 6.63. The van der Waals surface area contributed by atoms with Crippen LogP contribution in [0.4, 0.5) is 0 Å². The van der Waals surface area contributed by atoms with Crippen LogP contribution in [0.5, 0.6) is 0 Å². The van der Waals surface area contributed by atoms with E-state index < -0.39 is 0 Å².